The average molecular weight is 475 g/mol. The fourth-order valence-electron chi connectivity index (χ4n) is 3.99. The first-order valence-corrected chi connectivity index (χ1v) is 10.1. The van der Waals surface area contributed by atoms with Gasteiger partial charge in [0.2, 0.25) is 5.75 Å². The van der Waals surface area contributed by atoms with Crippen molar-refractivity contribution in [2.24, 2.45) is 0 Å². The van der Waals surface area contributed by atoms with E-state index in [1.165, 1.54) is 40.6 Å². The molecule has 0 aromatic heterocycles. The van der Waals surface area contributed by atoms with Gasteiger partial charge in [0, 0.05) is 5.56 Å². The summed E-state index contributed by atoms with van der Waals surface area (Å²) in [7, 11) is 6.75. The standard InChI is InChI=1S/C23H25NO10/c1-29-17-8-11-6-7-15(24-22(27)32-4)12-10-16(34-23(28)33-5)14(21(25)26)9-13(12)18(11)20(31-3)19(17)30-2/h8-10,15H,6-7H2,1-5H3,(H,24,27)(H,25,26)/t15-/m0/s1. The molecule has 0 fully saturated rings. The van der Waals surface area contributed by atoms with E-state index in [-0.39, 0.29) is 11.3 Å². The summed E-state index contributed by atoms with van der Waals surface area (Å²) in [6, 6.07) is 3.92. The third-order valence-corrected chi connectivity index (χ3v) is 5.48. The van der Waals surface area contributed by atoms with Gasteiger partial charge in [-0.2, -0.15) is 0 Å². The molecule has 11 heteroatoms. The van der Waals surface area contributed by atoms with Crippen LogP contribution in [-0.4, -0.2) is 58.9 Å². The molecule has 3 rings (SSSR count). The molecule has 11 nitrogen and oxygen atoms in total. The van der Waals surface area contributed by atoms with Crippen LogP contribution in [0.2, 0.25) is 0 Å². The Morgan fingerprint density at radius 1 is 0.912 bits per heavy atom. The zero-order valence-corrected chi connectivity index (χ0v) is 19.3. The van der Waals surface area contributed by atoms with Gasteiger partial charge >= 0.3 is 18.2 Å². The van der Waals surface area contributed by atoms with E-state index in [0.29, 0.717) is 46.8 Å². The van der Waals surface area contributed by atoms with Crippen LogP contribution in [0, 0.1) is 0 Å². The number of carbonyl (C=O) groups is 3. The fraction of sp³-hybridized carbons (Fsp3) is 0.348. The maximum atomic E-state index is 12.1. The molecular weight excluding hydrogens is 450 g/mol. The number of alkyl carbamates (subject to hydrolysis) is 1. The smallest absolute Gasteiger partial charge is 0.493 e. The number of carboxylic acids is 1. The number of nitrogens with one attached hydrogen (secondary N) is 1. The summed E-state index contributed by atoms with van der Waals surface area (Å²) in [6.45, 7) is 0. The van der Waals surface area contributed by atoms with Crippen molar-refractivity contribution in [2.45, 2.75) is 18.9 Å². The first kappa shape index (κ1) is 24.5. The van der Waals surface area contributed by atoms with E-state index in [0.717, 1.165) is 12.7 Å². The van der Waals surface area contributed by atoms with E-state index >= 15 is 0 Å². The van der Waals surface area contributed by atoms with Crippen LogP contribution in [0.1, 0.15) is 33.9 Å². The summed E-state index contributed by atoms with van der Waals surface area (Å²) in [6.07, 6.45) is -0.886. The van der Waals surface area contributed by atoms with E-state index in [4.69, 9.17) is 23.7 Å². The third-order valence-electron chi connectivity index (χ3n) is 5.48. The van der Waals surface area contributed by atoms with Crippen LogP contribution in [0.15, 0.2) is 18.2 Å². The van der Waals surface area contributed by atoms with E-state index < -0.39 is 24.3 Å². The number of hydrogen-bond donors (Lipinski definition) is 2. The minimum atomic E-state index is -1.33. The molecule has 0 radical (unpaired) electrons. The summed E-state index contributed by atoms with van der Waals surface area (Å²) in [5.41, 5.74) is 1.99. The average Bonchev–Trinajstić information content (AvgIpc) is 2.98. The van der Waals surface area contributed by atoms with Crippen LogP contribution in [-0.2, 0) is 15.9 Å². The number of carbonyl (C=O) groups excluding carboxylic acids is 2. The molecule has 34 heavy (non-hydrogen) atoms. The SMILES string of the molecule is COC(=O)N[C@H]1CCc2cc(OC)c(OC)c(OC)c2-c2cc(C(=O)O)c(OC(=O)OC)cc21. The minimum absolute atomic E-state index is 0.238. The second-order valence-corrected chi connectivity index (χ2v) is 7.20. The molecule has 1 amide bonds. The Hall–Kier alpha value is -4.15. The van der Waals surface area contributed by atoms with Gasteiger partial charge in [-0.25, -0.2) is 14.4 Å². The van der Waals surface area contributed by atoms with Crippen molar-refractivity contribution in [2.75, 3.05) is 35.5 Å². The fourth-order valence-corrected chi connectivity index (χ4v) is 3.99. The third kappa shape index (κ3) is 4.49. The molecule has 182 valence electrons. The largest absolute Gasteiger partial charge is 0.513 e. The topological polar surface area (TPSA) is 139 Å². The Balaban J connectivity index is 2.38. The van der Waals surface area contributed by atoms with Gasteiger partial charge in [0.1, 0.15) is 11.3 Å². The number of ether oxygens (including phenoxy) is 6. The van der Waals surface area contributed by atoms with Crippen molar-refractivity contribution in [3.63, 3.8) is 0 Å². The van der Waals surface area contributed by atoms with Crippen molar-refractivity contribution in [1.82, 2.24) is 5.32 Å². The summed E-state index contributed by atoms with van der Waals surface area (Å²) in [5.74, 6) is -0.485. The number of rotatable bonds is 6. The first-order valence-electron chi connectivity index (χ1n) is 10.1. The van der Waals surface area contributed by atoms with Gasteiger partial charge in [-0.15, -0.1) is 0 Å². The number of amides is 1. The first-order chi connectivity index (χ1) is 16.3. The molecule has 2 N–H and O–H groups in total. The molecule has 1 aliphatic carbocycles. The highest BCUT2D eigenvalue weighted by atomic mass is 16.7. The molecule has 0 unspecified atom stereocenters. The van der Waals surface area contributed by atoms with Gasteiger partial charge < -0.3 is 38.8 Å². The summed E-state index contributed by atoms with van der Waals surface area (Å²) < 4.78 is 31.0. The van der Waals surface area contributed by atoms with Crippen molar-refractivity contribution in [3.8, 4) is 34.1 Å². The van der Waals surface area contributed by atoms with Crippen LogP contribution < -0.4 is 24.3 Å². The minimum Gasteiger partial charge on any atom is -0.493 e. The zero-order valence-electron chi connectivity index (χ0n) is 19.3. The quantitative estimate of drug-likeness (QED) is 0.471. The lowest BCUT2D eigenvalue weighted by molar-refractivity contribution is 0.0691. The molecule has 0 saturated heterocycles. The number of fused-ring (bicyclic) bond motifs is 3. The molecule has 0 spiro atoms. The molecule has 1 aliphatic rings. The highest BCUT2D eigenvalue weighted by Crippen LogP contribution is 2.51. The van der Waals surface area contributed by atoms with Gasteiger partial charge in [0.05, 0.1) is 41.6 Å². The highest BCUT2D eigenvalue weighted by Gasteiger charge is 2.32. The number of aryl methyl sites for hydroxylation is 1. The van der Waals surface area contributed by atoms with Crippen LogP contribution in [0.5, 0.6) is 23.0 Å². The van der Waals surface area contributed by atoms with Gasteiger partial charge in [-0.05, 0) is 47.7 Å². The van der Waals surface area contributed by atoms with Crippen LogP contribution >= 0.6 is 0 Å². The van der Waals surface area contributed by atoms with Crippen molar-refractivity contribution in [1.29, 1.82) is 0 Å². The highest BCUT2D eigenvalue weighted by molar-refractivity contribution is 5.95. The molecule has 1 atom stereocenters. The Morgan fingerprint density at radius 2 is 1.62 bits per heavy atom. The summed E-state index contributed by atoms with van der Waals surface area (Å²) in [5, 5.41) is 12.6. The molecule has 0 bridgehead atoms. The van der Waals surface area contributed by atoms with Crippen LogP contribution in [0.4, 0.5) is 9.59 Å². The maximum Gasteiger partial charge on any atom is 0.513 e. The monoisotopic (exact) mass is 475 g/mol. The predicted octanol–water partition coefficient (Wildman–Crippen LogP) is 3.57. The van der Waals surface area contributed by atoms with Gasteiger partial charge in [-0.1, -0.05) is 0 Å². The molecule has 2 aromatic rings. The lowest BCUT2D eigenvalue weighted by Crippen LogP contribution is -2.28. The molecule has 0 heterocycles. The van der Waals surface area contributed by atoms with Gasteiger partial charge in [-0.3, -0.25) is 0 Å². The number of hydrogen-bond acceptors (Lipinski definition) is 9. The Labute approximate surface area is 195 Å². The van der Waals surface area contributed by atoms with Gasteiger partial charge in [0.15, 0.2) is 11.5 Å². The number of methoxy groups -OCH3 is 5. The second-order valence-electron chi connectivity index (χ2n) is 7.20. The molecular formula is C23H25NO10. The van der Waals surface area contributed by atoms with Crippen LogP contribution in [0.25, 0.3) is 11.1 Å². The normalized spacial score (nSPS) is 14.0. The molecule has 0 saturated carbocycles. The lowest BCUT2D eigenvalue weighted by Gasteiger charge is -2.22. The van der Waals surface area contributed by atoms with Gasteiger partial charge in [0.25, 0.3) is 0 Å². The zero-order chi connectivity index (χ0) is 25.0. The lowest BCUT2D eigenvalue weighted by atomic mass is 9.91. The van der Waals surface area contributed by atoms with E-state index in [1.54, 1.807) is 6.07 Å². The van der Waals surface area contributed by atoms with Crippen LogP contribution in [0.3, 0.4) is 0 Å². The maximum absolute atomic E-state index is 12.1. The molecule has 0 aliphatic heterocycles. The predicted molar refractivity (Wildman–Crippen MR) is 118 cm³/mol. The summed E-state index contributed by atoms with van der Waals surface area (Å²) in [4.78, 5) is 35.9. The number of aromatic carboxylic acids is 1. The Kier molecular flexibility index (Phi) is 7.34. The van der Waals surface area contributed by atoms with E-state index in [2.05, 4.69) is 10.1 Å². The van der Waals surface area contributed by atoms with Crippen molar-refractivity contribution < 1.29 is 47.9 Å². The summed E-state index contributed by atoms with van der Waals surface area (Å²) >= 11 is 0. The van der Waals surface area contributed by atoms with Crippen molar-refractivity contribution >= 4 is 18.2 Å². The second kappa shape index (κ2) is 10.2. The van der Waals surface area contributed by atoms with E-state index in [9.17, 15) is 19.5 Å². The Morgan fingerprint density at radius 3 is 2.18 bits per heavy atom. The number of benzene rings is 2. The van der Waals surface area contributed by atoms with E-state index in [1.807, 2.05) is 0 Å². The van der Waals surface area contributed by atoms with Crippen molar-refractivity contribution in [3.05, 3.63) is 34.9 Å². The number of carboxylic acid groups (broad SMARTS) is 1. The molecule has 2 aromatic carbocycles. The Bertz CT molecular complexity index is 1130.